The Morgan fingerprint density at radius 2 is 1.56 bits per heavy atom. The van der Waals surface area contributed by atoms with Gasteiger partial charge in [0.2, 0.25) is 5.91 Å². The van der Waals surface area contributed by atoms with Crippen molar-refractivity contribution < 1.29 is 4.79 Å². The first-order chi connectivity index (χ1) is 7.58. The molecule has 2 aliphatic rings. The molecule has 3 heteroatoms. The van der Waals surface area contributed by atoms with Gasteiger partial charge in [-0.05, 0) is 37.5 Å². The lowest BCUT2D eigenvalue weighted by Gasteiger charge is -2.28. The molecule has 2 N–H and O–H groups in total. The highest BCUT2D eigenvalue weighted by Gasteiger charge is 2.34. The number of hydrogen-bond donors (Lipinski definition) is 1. The minimum absolute atomic E-state index is 0.261. The zero-order chi connectivity index (χ0) is 11.7. The van der Waals surface area contributed by atoms with Gasteiger partial charge in [0.1, 0.15) is 0 Å². The van der Waals surface area contributed by atoms with E-state index in [1.54, 1.807) is 0 Å². The molecule has 2 rings (SSSR count). The van der Waals surface area contributed by atoms with Gasteiger partial charge < -0.3 is 10.6 Å². The normalized spacial score (nSPS) is 40.1. The topological polar surface area (TPSA) is 46.3 Å². The molecule has 1 saturated carbocycles. The number of likely N-dealkylation sites (tertiary alicyclic amines) is 1. The fourth-order valence-corrected chi connectivity index (χ4v) is 2.93. The number of hydrogen-bond acceptors (Lipinski definition) is 2. The molecule has 0 spiro atoms. The Bertz CT molecular complexity index is 249. The Hall–Kier alpha value is -0.570. The van der Waals surface area contributed by atoms with E-state index in [0.717, 1.165) is 38.8 Å². The van der Waals surface area contributed by atoms with Gasteiger partial charge in [-0.15, -0.1) is 0 Å². The highest BCUT2D eigenvalue weighted by molar-refractivity contribution is 5.79. The number of rotatable bonds is 1. The molecule has 1 heterocycles. The summed E-state index contributed by atoms with van der Waals surface area (Å²) in [5.74, 6) is 1.98. The molecule has 0 aromatic carbocycles. The molecule has 1 aliphatic carbocycles. The third-order valence-corrected chi connectivity index (χ3v) is 4.42. The fourth-order valence-electron chi connectivity index (χ4n) is 2.93. The van der Waals surface area contributed by atoms with Crippen LogP contribution in [-0.4, -0.2) is 29.9 Å². The van der Waals surface area contributed by atoms with Crippen molar-refractivity contribution in [2.45, 2.75) is 45.6 Å². The van der Waals surface area contributed by atoms with Crippen molar-refractivity contribution in [2.75, 3.05) is 13.1 Å². The van der Waals surface area contributed by atoms with Crippen LogP contribution in [0.2, 0.25) is 0 Å². The number of nitrogens with two attached hydrogens (primary N) is 1. The molecule has 16 heavy (non-hydrogen) atoms. The summed E-state index contributed by atoms with van der Waals surface area (Å²) in [6, 6.07) is 0.334. The third-order valence-electron chi connectivity index (χ3n) is 4.42. The summed E-state index contributed by atoms with van der Waals surface area (Å²) in [7, 11) is 0. The van der Waals surface area contributed by atoms with Crippen molar-refractivity contribution in [3.05, 3.63) is 0 Å². The largest absolute Gasteiger partial charge is 0.342 e. The van der Waals surface area contributed by atoms with Gasteiger partial charge in [0, 0.05) is 25.0 Å². The molecule has 1 aliphatic heterocycles. The predicted octanol–water partition coefficient (Wildman–Crippen LogP) is 1.62. The standard InChI is InChI=1S/C13H24N2O/c1-9-7-15(8-10(9)2)13(16)11-3-5-12(14)6-4-11/h9-12H,3-8,14H2,1-2H3. The van der Waals surface area contributed by atoms with E-state index in [4.69, 9.17) is 5.73 Å². The van der Waals surface area contributed by atoms with Crippen molar-refractivity contribution >= 4 is 5.91 Å². The third kappa shape index (κ3) is 2.40. The molecule has 2 unspecified atom stereocenters. The van der Waals surface area contributed by atoms with Crippen LogP contribution in [0, 0.1) is 17.8 Å². The second kappa shape index (κ2) is 4.74. The summed E-state index contributed by atoms with van der Waals surface area (Å²) in [4.78, 5) is 14.4. The Labute approximate surface area is 98.4 Å². The Morgan fingerprint density at radius 1 is 1.06 bits per heavy atom. The van der Waals surface area contributed by atoms with E-state index >= 15 is 0 Å². The van der Waals surface area contributed by atoms with Gasteiger partial charge >= 0.3 is 0 Å². The van der Waals surface area contributed by atoms with E-state index in [2.05, 4.69) is 18.7 Å². The molecule has 3 nitrogen and oxygen atoms in total. The first kappa shape index (κ1) is 11.9. The highest BCUT2D eigenvalue weighted by atomic mass is 16.2. The zero-order valence-corrected chi connectivity index (χ0v) is 10.5. The van der Waals surface area contributed by atoms with Gasteiger partial charge in [-0.1, -0.05) is 13.8 Å². The summed E-state index contributed by atoms with van der Waals surface area (Å²) < 4.78 is 0. The molecule has 92 valence electrons. The Morgan fingerprint density at radius 3 is 2.06 bits per heavy atom. The van der Waals surface area contributed by atoms with Crippen molar-refractivity contribution in [2.24, 2.45) is 23.5 Å². The summed E-state index contributed by atoms with van der Waals surface area (Å²) in [5.41, 5.74) is 5.87. The maximum absolute atomic E-state index is 12.3. The molecule has 0 aromatic heterocycles. The maximum atomic E-state index is 12.3. The van der Waals surface area contributed by atoms with Crippen LogP contribution < -0.4 is 5.73 Å². The minimum Gasteiger partial charge on any atom is -0.342 e. The van der Waals surface area contributed by atoms with E-state index in [0.29, 0.717) is 23.8 Å². The number of carbonyl (C=O) groups excluding carboxylic acids is 1. The minimum atomic E-state index is 0.261. The van der Waals surface area contributed by atoms with Gasteiger partial charge in [-0.2, -0.15) is 0 Å². The number of amides is 1. The van der Waals surface area contributed by atoms with Crippen molar-refractivity contribution in [3.63, 3.8) is 0 Å². The highest BCUT2D eigenvalue weighted by Crippen LogP contribution is 2.29. The number of nitrogens with zero attached hydrogens (tertiary/aromatic N) is 1. The lowest BCUT2D eigenvalue weighted by Crippen LogP contribution is -2.38. The van der Waals surface area contributed by atoms with Crippen LogP contribution in [0.3, 0.4) is 0 Å². The van der Waals surface area contributed by atoms with Gasteiger partial charge in [-0.25, -0.2) is 0 Å². The van der Waals surface area contributed by atoms with Crippen LogP contribution in [0.1, 0.15) is 39.5 Å². The summed E-state index contributed by atoms with van der Waals surface area (Å²) in [6.45, 7) is 6.41. The molecule has 1 amide bonds. The molecule has 2 fully saturated rings. The molecular formula is C13H24N2O. The van der Waals surface area contributed by atoms with E-state index in [9.17, 15) is 4.79 Å². The maximum Gasteiger partial charge on any atom is 0.225 e. The van der Waals surface area contributed by atoms with Crippen molar-refractivity contribution in [1.82, 2.24) is 4.90 Å². The van der Waals surface area contributed by atoms with Crippen LogP contribution in [-0.2, 0) is 4.79 Å². The van der Waals surface area contributed by atoms with E-state index < -0.39 is 0 Å². The average molecular weight is 224 g/mol. The molecule has 0 radical (unpaired) electrons. The van der Waals surface area contributed by atoms with E-state index in [-0.39, 0.29) is 5.92 Å². The Balaban J connectivity index is 1.88. The van der Waals surface area contributed by atoms with Gasteiger partial charge in [0.25, 0.3) is 0 Å². The fraction of sp³-hybridized carbons (Fsp3) is 0.923. The van der Waals surface area contributed by atoms with Crippen LogP contribution in [0.4, 0.5) is 0 Å². The zero-order valence-electron chi connectivity index (χ0n) is 10.5. The first-order valence-electron chi connectivity index (χ1n) is 6.62. The SMILES string of the molecule is CC1CN(C(=O)C2CCC(N)CC2)CC1C. The van der Waals surface area contributed by atoms with Gasteiger partial charge in [0.15, 0.2) is 0 Å². The second-order valence-corrected chi connectivity index (χ2v) is 5.81. The molecule has 0 bridgehead atoms. The Kier molecular flexibility index (Phi) is 3.53. The summed E-state index contributed by atoms with van der Waals surface area (Å²) >= 11 is 0. The van der Waals surface area contributed by atoms with Gasteiger partial charge in [0.05, 0.1) is 0 Å². The summed E-state index contributed by atoms with van der Waals surface area (Å²) in [5, 5.41) is 0. The first-order valence-corrected chi connectivity index (χ1v) is 6.62. The van der Waals surface area contributed by atoms with E-state index in [1.165, 1.54) is 0 Å². The lowest BCUT2D eigenvalue weighted by molar-refractivity contribution is -0.135. The molecule has 0 aromatic rings. The smallest absolute Gasteiger partial charge is 0.225 e. The quantitative estimate of drug-likeness (QED) is 0.735. The van der Waals surface area contributed by atoms with Crippen molar-refractivity contribution in [3.8, 4) is 0 Å². The second-order valence-electron chi connectivity index (χ2n) is 5.81. The monoisotopic (exact) mass is 224 g/mol. The molecular weight excluding hydrogens is 200 g/mol. The van der Waals surface area contributed by atoms with Crippen LogP contribution in [0.5, 0.6) is 0 Å². The molecule has 1 saturated heterocycles. The molecule has 2 atom stereocenters. The predicted molar refractivity (Wildman–Crippen MR) is 64.8 cm³/mol. The van der Waals surface area contributed by atoms with Crippen LogP contribution in [0.15, 0.2) is 0 Å². The van der Waals surface area contributed by atoms with Gasteiger partial charge in [-0.3, -0.25) is 4.79 Å². The average Bonchev–Trinajstić information content (AvgIpc) is 2.59. The summed E-state index contributed by atoms with van der Waals surface area (Å²) in [6.07, 6.45) is 4.04. The van der Waals surface area contributed by atoms with Crippen LogP contribution in [0.25, 0.3) is 0 Å². The lowest BCUT2D eigenvalue weighted by atomic mass is 9.85. The number of carbonyl (C=O) groups is 1. The van der Waals surface area contributed by atoms with E-state index in [1.807, 2.05) is 0 Å². The van der Waals surface area contributed by atoms with Crippen LogP contribution >= 0.6 is 0 Å². The van der Waals surface area contributed by atoms with Crippen molar-refractivity contribution in [1.29, 1.82) is 0 Å².